The lowest BCUT2D eigenvalue weighted by atomic mass is 10.1. The number of pyridine rings is 1. The Balaban J connectivity index is 1.45. The maximum Gasteiger partial charge on any atom is 0.197 e. The number of para-hydroxylation sites is 2. The lowest BCUT2D eigenvalue weighted by molar-refractivity contribution is 0.0925. The number of hydrogen-bond acceptors (Lipinski definition) is 3. The molecular formula is C30H28N2O2. The van der Waals surface area contributed by atoms with E-state index in [1.807, 2.05) is 84.9 Å². The largest absolute Gasteiger partial charge is 0.390 e. The quantitative estimate of drug-likeness (QED) is 0.331. The average Bonchev–Trinajstić information content (AvgIpc) is 2.88. The zero-order valence-corrected chi connectivity index (χ0v) is 19.0. The minimum atomic E-state index is -0.610. The van der Waals surface area contributed by atoms with Crippen molar-refractivity contribution in [1.29, 1.82) is 0 Å². The second kappa shape index (κ2) is 10.0. The Kier molecular flexibility index (Phi) is 6.52. The third kappa shape index (κ3) is 4.79. The van der Waals surface area contributed by atoms with Gasteiger partial charge in [0, 0.05) is 30.4 Å². The topological polar surface area (TPSA) is 45.5 Å². The molecule has 0 aliphatic heterocycles. The van der Waals surface area contributed by atoms with Crippen molar-refractivity contribution in [2.45, 2.75) is 25.7 Å². The SMILES string of the molecule is O=c1c2ccccc2n(C[C@H](O)CN(Cc2ccccc2)Cc2ccccc2)c2ccccc12. The second-order valence-electron chi connectivity index (χ2n) is 8.77. The van der Waals surface area contributed by atoms with E-state index in [9.17, 15) is 9.90 Å². The summed E-state index contributed by atoms with van der Waals surface area (Å²) in [4.78, 5) is 15.3. The summed E-state index contributed by atoms with van der Waals surface area (Å²) in [6, 6.07) is 36.0. The van der Waals surface area contributed by atoms with Crippen LogP contribution in [-0.2, 0) is 19.6 Å². The molecule has 0 aliphatic carbocycles. The van der Waals surface area contributed by atoms with Gasteiger partial charge in [-0.1, -0.05) is 84.9 Å². The summed E-state index contributed by atoms with van der Waals surface area (Å²) in [5.74, 6) is 0. The fraction of sp³-hybridized carbons (Fsp3) is 0.167. The van der Waals surface area contributed by atoms with Crippen LogP contribution in [0.25, 0.3) is 21.8 Å². The number of nitrogens with zero attached hydrogens (tertiary/aromatic N) is 2. The highest BCUT2D eigenvalue weighted by Gasteiger charge is 2.17. The number of fused-ring (bicyclic) bond motifs is 2. The molecule has 0 unspecified atom stereocenters. The zero-order chi connectivity index (χ0) is 23.3. The number of hydrogen-bond donors (Lipinski definition) is 1. The van der Waals surface area contributed by atoms with Crippen molar-refractivity contribution in [3.05, 3.63) is 131 Å². The fourth-order valence-electron chi connectivity index (χ4n) is 4.71. The van der Waals surface area contributed by atoms with Gasteiger partial charge in [-0.3, -0.25) is 9.69 Å². The van der Waals surface area contributed by atoms with Gasteiger partial charge in [0.25, 0.3) is 0 Å². The highest BCUT2D eigenvalue weighted by molar-refractivity contribution is 5.93. The number of benzene rings is 4. The molecule has 4 aromatic carbocycles. The first kappa shape index (κ1) is 22.1. The second-order valence-corrected chi connectivity index (χ2v) is 8.77. The molecule has 0 amide bonds. The average molecular weight is 449 g/mol. The minimum Gasteiger partial charge on any atom is -0.390 e. The third-order valence-corrected chi connectivity index (χ3v) is 6.24. The summed E-state index contributed by atoms with van der Waals surface area (Å²) in [7, 11) is 0. The summed E-state index contributed by atoms with van der Waals surface area (Å²) in [6.45, 7) is 2.41. The Morgan fingerprint density at radius 1 is 0.647 bits per heavy atom. The molecule has 0 bridgehead atoms. The van der Waals surface area contributed by atoms with E-state index >= 15 is 0 Å². The summed E-state index contributed by atoms with van der Waals surface area (Å²) < 4.78 is 2.08. The number of aliphatic hydroxyl groups is 1. The Morgan fingerprint density at radius 3 is 1.59 bits per heavy atom. The summed E-state index contributed by atoms with van der Waals surface area (Å²) in [6.07, 6.45) is -0.610. The molecule has 34 heavy (non-hydrogen) atoms. The molecule has 0 fully saturated rings. The molecule has 5 rings (SSSR count). The molecule has 170 valence electrons. The van der Waals surface area contributed by atoms with E-state index in [4.69, 9.17) is 0 Å². The Morgan fingerprint density at radius 2 is 1.09 bits per heavy atom. The van der Waals surface area contributed by atoms with Gasteiger partial charge in [-0.2, -0.15) is 0 Å². The van der Waals surface area contributed by atoms with E-state index in [1.54, 1.807) is 0 Å². The molecule has 0 aliphatic rings. The van der Waals surface area contributed by atoms with Crippen LogP contribution >= 0.6 is 0 Å². The molecular weight excluding hydrogens is 420 g/mol. The van der Waals surface area contributed by atoms with Crippen LogP contribution in [0.1, 0.15) is 11.1 Å². The number of aliphatic hydroxyl groups excluding tert-OH is 1. The standard InChI is InChI=1S/C30H28N2O2/c33-25(21-31(19-23-11-3-1-4-12-23)20-24-13-5-2-6-14-24)22-32-28-17-9-7-15-26(28)30(34)27-16-8-10-18-29(27)32/h1-18,25,33H,19-22H2/t25-/m1/s1. The van der Waals surface area contributed by atoms with Crippen molar-refractivity contribution in [2.75, 3.05) is 6.54 Å². The molecule has 4 heteroatoms. The van der Waals surface area contributed by atoms with Crippen LogP contribution in [0.2, 0.25) is 0 Å². The van der Waals surface area contributed by atoms with Gasteiger partial charge < -0.3 is 9.67 Å². The van der Waals surface area contributed by atoms with Crippen LogP contribution in [0.4, 0.5) is 0 Å². The third-order valence-electron chi connectivity index (χ3n) is 6.24. The first-order chi connectivity index (χ1) is 16.7. The van der Waals surface area contributed by atoms with Crippen LogP contribution in [0.5, 0.6) is 0 Å². The van der Waals surface area contributed by atoms with Crippen molar-refractivity contribution < 1.29 is 5.11 Å². The van der Waals surface area contributed by atoms with Gasteiger partial charge in [-0.15, -0.1) is 0 Å². The molecule has 0 saturated heterocycles. The van der Waals surface area contributed by atoms with E-state index in [2.05, 4.69) is 33.7 Å². The van der Waals surface area contributed by atoms with E-state index in [0.29, 0.717) is 23.9 Å². The highest BCUT2D eigenvalue weighted by atomic mass is 16.3. The van der Waals surface area contributed by atoms with Crippen molar-refractivity contribution in [3.8, 4) is 0 Å². The molecule has 1 N–H and O–H groups in total. The van der Waals surface area contributed by atoms with Gasteiger partial charge >= 0.3 is 0 Å². The van der Waals surface area contributed by atoms with Gasteiger partial charge in [0.2, 0.25) is 0 Å². The van der Waals surface area contributed by atoms with Gasteiger partial charge in [0.1, 0.15) is 0 Å². The first-order valence-corrected chi connectivity index (χ1v) is 11.7. The number of aromatic nitrogens is 1. The van der Waals surface area contributed by atoms with Gasteiger partial charge in [0.05, 0.1) is 23.7 Å². The Bertz CT molecular complexity index is 1340. The van der Waals surface area contributed by atoms with E-state index in [-0.39, 0.29) is 5.43 Å². The summed E-state index contributed by atoms with van der Waals surface area (Å²) >= 11 is 0. The minimum absolute atomic E-state index is 0.0340. The van der Waals surface area contributed by atoms with Crippen molar-refractivity contribution in [2.24, 2.45) is 0 Å². The Labute approximate surface area is 199 Å². The molecule has 4 nitrogen and oxygen atoms in total. The maximum atomic E-state index is 13.0. The smallest absolute Gasteiger partial charge is 0.197 e. The normalized spacial score (nSPS) is 12.4. The van der Waals surface area contributed by atoms with Gasteiger partial charge in [-0.25, -0.2) is 0 Å². The van der Waals surface area contributed by atoms with Gasteiger partial charge in [0.15, 0.2) is 5.43 Å². The monoisotopic (exact) mass is 448 g/mol. The molecule has 0 saturated carbocycles. The molecule has 0 radical (unpaired) electrons. The summed E-state index contributed by atoms with van der Waals surface area (Å²) in [5.41, 5.74) is 4.16. The van der Waals surface area contributed by atoms with E-state index in [1.165, 1.54) is 11.1 Å². The fourth-order valence-corrected chi connectivity index (χ4v) is 4.71. The van der Waals surface area contributed by atoms with Crippen molar-refractivity contribution in [1.82, 2.24) is 9.47 Å². The lowest BCUT2D eigenvalue weighted by Gasteiger charge is -2.27. The first-order valence-electron chi connectivity index (χ1n) is 11.7. The van der Waals surface area contributed by atoms with Crippen molar-refractivity contribution in [3.63, 3.8) is 0 Å². The van der Waals surface area contributed by atoms with Crippen LogP contribution in [0.15, 0.2) is 114 Å². The molecule has 0 spiro atoms. The number of rotatable bonds is 8. The van der Waals surface area contributed by atoms with Crippen LogP contribution in [0, 0.1) is 0 Å². The molecule has 5 aromatic rings. The Hall–Kier alpha value is -3.73. The lowest BCUT2D eigenvalue weighted by Crippen LogP contribution is -2.34. The molecule has 1 atom stereocenters. The maximum absolute atomic E-state index is 13.0. The van der Waals surface area contributed by atoms with Crippen LogP contribution in [-0.4, -0.2) is 27.2 Å². The van der Waals surface area contributed by atoms with Crippen molar-refractivity contribution >= 4 is 21.8 Å². The van der Waals surface area contributed by atoms with E-state index < -0.39 is 6.10 Å². The predicted octanol–water partition coefficient (Wildman–Crippen LogP) is 5.22. The highest BCUT2D eigenvalue weighted by Crippen LogP contribution is 2.20. The molecule has 1 aromatic heterocycles. The van der Waals surface area contributed by atoms with Gasteiger partial charge in [-0.05, 0) is 35.4 Å². The molecule has 1 heterocycles. The summed E-state index contributed by atoms with van der Waals surface area (Å²) in [5, 5.41) is 12.6. The predicted molar refractivity (Wildman–Crippen MR) is 139 cm³/mol. The zero-order valence-electron chi connectivity index (χ0n) is 19.0. The van der Waals surface area contributed by atoms with Crippen LogP contribution < -0.4 is 5.43 Å². The van der Waals surface area contributed by atoms with Crippen LogP contribution in [0.3, 0.4) is 0 Å². The van der Waals surface area contributed by atoms with E-state index in [0.717, 1.165) is 24.1 Å².